The van der Waals surface area contributed by atoms with Gasteiger partial charge in [-0.3, -0.25) is 0 Å². The first kappa shape index (κ1) is 18.9. The van der Waals surface area contributed by atoms with Crippen LogP contribution in [0.4, 0.5) is 0 Å². The third-order valence-electron chi connectivity index (χ3n) is 4.43. The molecular weight excluding hydrogens is 426 g/mol. The summed E-state index contributed by atoms with van der Waals surface area (Å²) in [6, 6.07) is 21.9. The topological polar surface area (TPSA) is 0 Å². The molecule has 0 bridgehead atoms. The van der Waals surface area contributed by atoms with Gasteiger partial charge in [0.2, 0.25) is 0 Å². The molecule has 4 rings (SSSR count). The van der Waals surface area contributed by atoms with Gasteiger partial charge in [-0.25, -0.2) is 0 Å². The molecule has 0 aromatic heterocycles. The van der Waals surface area contributed by atoms with Crippen molar-refractivity contribution in [2.75, 3.05) is 0 Å². The fourth-order valence-electron chi connectivity index (χ4n) is 3.42. The van der Waals surface area contributed by atoms with E-state index in [0.29, 0.717) is 0 Å². The van der Waals surface area contributed by atoms with Crippen molar-refractivity contribution in [3.63, 3.8) is 0 Å². The minimum absolute atomic E-state index is 0.826. The average molecular weight is 446 g/mol. The summed E-state index contributed by atoms with van der Waals surface area (Å²) in [5.41, 5.74) is 6.86. The van der Waals surface area contributed by atoms with E-state index in [4.69, 9.17) is 17.0 Å². The fraction of sp³-hybridized carbons (Fsp3) is 0.136. The van der Waals surface area contributed by atoms with Crippen LogP contribution in [0.5, 0.6) is 0 Å². The predicted octanol–water partition coefficient (Wildman–Crippen LogP) is 7.63. The van der Waals surface area contributed by atoms with E-state index in [-0.39, 0.29) is 0 Å². The second kappa shape index (κ2) is 9.17. The van der Waals surface area contributed by atoms with Gasteiger partial charge in [-0.05, 0) is 39.4 Å². The van der Waals surface area contributed by atoms with Crippen LogP contribution >= 0.6 is 17.0 Å². The van der Waals surface area contributed by atoms with Crippen LogP contribution in [0.3, 0.4) is 0 Å². The monoisotopic (exact) mass is 443 g/mol. The summed E-state index contributed by atoms with van der Waals surface area (Å²) >= 11 is -0.826. The molecule has 0 saturated carbocycles. The van der Waals surface area contributed by atoms with Crippen molar-refractivity contribution in [2.45, 2.75) is 19.8 Å². The Hall–Kier alpha value is -0.877. The molecule has 125 valence electrons. The first-order valence-corrected chi connectivity index (χ1v) is 14.7. The summed E-state index contributed by atoms with van der Waals surface area (Å²) in [5, 5.41) is 2.63. The molecule has 0 nitrogen and oxygen atoms in total. The zero-order chi connectivity index (χ0) is 17.6. The third kappa shape index (κ3) is 4.28. The Kier molecular flexibility index (Phi) is 6.94. The van der Waals surface area contributed by atoms with Gasteiger partial charge in [-0.1, -0.05) is 85.7 Å². The molecule has 0 N–H and O–H groups in total. The van der Waals surface area contributed by atoms with Crippen LogP contribution < -0.4 is 0 Å². The van der Waals surface area contributed by atoms with Gasteiger partial charge in [0.15, 0.2) is 0 Å². The summed E-state index contributed by atoms with van der Waals surface area (Å²) in [4.78, 5) is 0. The Morgan fingerprint density at radius 1 is 0.840 bits per heavy atom. The quantitative estimate of drug-likeness (QED) is 0.389. The molecule has 1 radical (unpaired) electrons. The molecule has 3 heteroatoms. The van der Waals surface area contributed by atoms with Gasteiger partial charge in [-0.15, -0.1) is 0 Å². The van der Waals surface area contributed by atoms with E-state index >= 15 is 0 Å². The fourth-order valence-corrected chi connectivity index (χ4v) is 3.42. The number of hydrogen-bond acceptors (Lipinski definition) is 0. The van der Waals surface area contributed by atoms with Gasteiger partial charge in [0.25, 0.3) is 0 Å². The Labute approximate surface area is 168 Å². The first-order valence-electron chi connectivity index (χ1n) is 8.41. The third-order valence-corrected chi connectivity index (χ3v) is 4.43. The molecule has 25 heavy (non-hydrogen) atoms. The van der Waals surface area contributed by atoms with Crippen molar-refractivity contribution in [1.82, 2.24) is 0 Å². The second-order valence-electron chi connectivity index (χ2n) is 6.02. The molecule has 0 fully saturated rings. The van der Waals surface area contributed by atoms with Crippen LogP contribution in [-0.4, -0.2) is 0 Å². The second-order valence-corrected chi connectivity index (χ2v) is 9.75. The molecule has 0 aliphatic heterocycles. The summed E-state index contributed by atoms with van der Waals surface area (Å²) in [6.07, 6.45) is 7.06. The standard InChI is InChI=1S/C22H19.2ClH.Zr/c1-2-7-16-14-18-10-6-13-21(22(18)15-16)20-12-5-9-17-8-3-4-11-19(17)20;;;/h3-6,8-15H,2,7H2,1H3;2*1H;/q;;;+2/p-2. The van der Waals surface area contributed by atoms with Crippen LogP contribution in [-0.2, 0) is 20.8 Å². The summed E-state index contributed by atoms with van der Waals surface area (Å²) < 4.78 is 0. The van der Waals surface area contributed by atoms with Crippen LogP contribution in [0.25, 0.3) is 28.0 Å². The maximum absolute atomic E-state index is 4.93. The molecule has 0 unspecified atom stereocenters. The number of benzene rings is 3. The molecule has 0 spiro atoms. The van der Waals surface area contributed by atoms with Crippen molar-refractivity contribution in [2.24, 2.45) is 0 Å². The Morgan fingerprint density at radius 3 is 2.32 bits per heavy atom. The van der Waals surface area contributed by atoms with E-state index in [1.54, 1.807) is 0 Å². The van der Waals surface area contributed by atoms with Gasteiger partial charge < -0.3 is 0 Å². The van der Waals surface area contributed by atoms with Crippen molar-refractivity contribution in [1.29, 1.82) is 0 Å². The van der Waals surface area contributed by atoms with Crippen molar-refractivity contribution < 1.29 is 20.8 Å². The van der Waals surface area contributed by atoms with Crippen LogP contribution in [0.15, 0.2) is 66.2 Å². The summed E-state index contributed by atoms with van der Waals surface area (Å²) in [5.74, 6) is 0. The van der Waals surface area contributed by atoms with Crippen LogP contribution in [0, 0.1) is 6.42 Å². The Balaban J connectivity index is 0.000000569. The average Bonchev–Trinajstić information content (AvgIpc) is 3.05. The van der Waals surface area contributed by atoms with Crippen molar-refractivity contribution >= 4 is 33.9 Å². The van der Waals surface area contributed by atoms with Crippen molar-refractivity contribution in [3.05, 3.63) is 83.8 Å². The number of rotatable bonds is 3. The molecule has 0 amide bonds. The summed E-state index contributed by atoms with van der Waals surface area (Å²) in [6.45, 7) is 2.24. The molecular formula is C22H19Cl2Zr. The van der Waals surface area contributed by atoms with E-state index in [2.05, 4.69) is 80.1 Å². The molecule has 0 saturated heterocycles. The number of hydrogen-bond donors (Lipinski definition) is 0. The van der Waals surface area contributed by atoms with E-state index in [0.717, 1.165) is 6.42 Å². The van der Waals surface area contributed by atoms with E-state index in [1.165, 1.54) is 45.0 Å². The predicted molar refractivity (Wildman–Crippen MR) is 107 cm³/mol. The SMILES string of the molecule is CCCC1=Cc2c(cccc2-c2cccc3ccccc23)[CH]1.[Cl][Zr][Cl]. The van der Waals surface area contributed by atoms with Gasteiger partial charge >= 0.3 is 37.9 Å². The molecule has 3 aromatic carbocycles. The zero-order valence-electron chi connectivity index (χ0n) is 14.1. The van der Waals surface area contributed by atoms with Gasteiger partial charge in [0.1, 0.15) is 0 Å². The van der Waals surface area contributed by atoms with Gasteiger partial charge in [0.05, 0.1) is 0 Å². The van der Waals surface area contributed by atoms with Crippen molar-refractivity contribution in [3.8, 4) is 11.1 Å². The van der Waals surface area contributed by atoms with Gasteiger partial charge in [-0.2, -0.15) is 0 Å². The number of halogens is 2. The van der Waals surface area contributed by atoms with Gasteiger partial charge in [0, 0.05) is 6.42 Å². The Bertz CT molecular complexity index is 894. The zero-order valence-corrected chi connectivity index (χ0v) is 18.1. The van der Waals surface area contributed by atoms with Crippen LogP contribution in [0.2, 0.25) is 0 Å². The molecule has 3 aromatic rings. The first-order chi connectivity index (χ1) is 12.3. The van der Waals surface area contributed by atoms with E-state index in [9.17, 15) is 0 Å². The normalized spacial score (nSPS) is 12.2. The van der Waals surface area contributed by atoms with E-state index < -0.39 is 20.8 Å². The maximum atomic E-state index is 4.93. The summed E-state index contributed by atoms with van der Waals surface area (Å²) in [7, 11) is 9.87. The minimum atomic E-state index is -0.826. The molecule has 1 aliphatic rings. The molecule has 0 atom stereocenters. The van der Waals surface area contributed by atoms with E-state index in [1.807, 2.05) is 0 Å². The molecule has 0 heterocycles. The number of fused-ring (bicyclic) bond motifs is 2. The van der Waals surface area contributed by atoms with Crippen LogP contribution in [0.1, 0.15) is 30.9 Å². The Morgan fingerprint density at radius 2 is 1.52 bits per heavy atom. The number of allylic oxidation sites excluding steroid dienone is 1. The molecule has 1 aliphatic carbocycles.